The van der Waals surface area contributed by atoms with E-state index in [1.165, 1.54) is 15.9 Å². The van der Waals surface area contributed by atoms with Crippen molar-refractivity contribution in [2.45, 2.75) is 26.8 Å². The number of esters is 1. The largest absolute Gasteiger partial charge is 0.504 e. The molecule has 0 unspecified atom stereocenters. The Morgan fingerprint density at radius 2 is 2.03 bits per heavy atom. The molecule has 1 aromatic heterocycles. The first kappa shape index (κ1) is 25.5. The van der Waals surface area contributed by atoms with Crippen LogP contribution in [0.4, 0.5) is 0 Å². The minimum absolute atomic E-state index is 0.0551. The molecule has 1 N–H and O–H groups in total. The second kappa shape index (κ2) is 10.5. The normalized spacial score (nSPS) is 15.6. The van der Waals surface area contributed by atoms with Crippen molar-refractivity contribution in [3.05, 3.63) is 87.1 Å². The SMILES string of the molecule is CCOC(=O)C1=C(C)N=c2s/c(=C\c3cc(I)c(O)c(OCC)c3)c(=O)n2[C@@H]1c1ccccc1Cl. The molecule has 182 valence electrons. The number of phenols is 1. The van der Waals surface area contributed by atoms with Gasteiger partial charge in [0, 0.05) is 5.02 Å². The lowest BCUT2D eigenvalue weighted by Crippen LogP contribution is -2.40. The lowest BCUT2D eigenvalue weighted by atomic mass is 9.96. The van der Waals surface area contributed by atoms with E-state index in [2.05, 4.69) is 4.99 Å². The number of nitrogens with zero attached hydrogens (tertiary/aromatic N) is 2. The third-order valence-corrected chi connectivity index (χ3v) is 7.51. The maximum absolute atomic E-state index is 13.7. The zero-order chi connectivity index (χ0) is 25.3. The van der Waals surface area contributed by atoms with Gasteiger partial charge in [0.2, 0.25) is 0 Å². The number of hydrogen-bond acceptors (Lipinski definition) is 7. The van der Waals surface area contributed by atoms with Crippen LogP contribution in [0.15, 0.2) is 57.5 Å². The smallest absolute Gasteiger partial charge is 0.338 e. The summed E-state index contributed by atoms with van der Waals surface area (Å²) in [5.41, 5.74) is 1.73. The number of phenolic OH excluding ortho intramolecular Hbond substituents is 1. The number of aromatic nitrogens is 1. The summed E-state index contributed by atoms with van der Waals surface area (Å²) >= 11 is 9.75. The van der Waals surface area contributed by atoms with Crippen LogP contribution in [-0.2, 0) is 9.53 Å². The van der Waals surface area contributed by atoms with E-state index in [9.17, 15) is 14.7 Å². The molecule has 4 rings (SSSR count). The van der Waals surface area contributed by atoms with Crippen molar-refractivity contribution in [1.29, 1.82) is 0 Å². The van der Waals surface area contributed by atoms with Crippen molar-refractivity contribution < 1.29 is 19.4 Å². The van der Waals surface area contributed by atoms with Gasteiger partial charge in [0.05, 0.1) is 32.6 Å². The van der Waals surface area contributed by atoms with Gasteiger partial charge >= 0.3 is 5.97 Å². The average molecular weight is 625 g/mol. The number of ether oxygens (including phenoxy) is 2. The molecule has 0 radical (unpaired) electrons. The lowest BCUT2D eigenvalue weighted by molar-refractivity contribution is -0.139. The summed E-state index contributed by atoms with van der Waals surface area (Å²) in [6.07, 6.45) is 1.72. The lowest BCUT2D eigenvalue weighted by Gasteiger charge is -2.25. The topological polar surface area (TPSA) is 90.1 Å². The summed E-state index contributed by atoms with van der Waals surface area (Å²) in [5.74, 6) is -0.144. The van der Waals surface area contributed by atoms with Crippen LogP contribution in [0.5, 0.6) is 11.5 Å². The summed E-state index contributed by atoms with van der Waals surface area (Å²) in [5, 5.41) is 10.7. The van der Waals surface area contributed by atoms with Gasteiger partial charge in [-0.15, -0.1) is 0 Å². The number of hydrogen-bond donors (Lipinski definition) is 1. The number of allylic oxidation sites excluding steroid dienone is 1. The monoisotopic (exact) mass is 624 g/mol. The van der Waals surface area contributed by atoms with Crippen molar-refractivity contribution in [1.82, 2.24) is 4.57 Å². The van der Waals surface area contributed by atoms with Crippen LogP contribution >= 0.6 is 45.5 Å². The molecule has 0 fully saturated rings. The number of rotatable bonds is 6. The van der Waals surface area contributed by atoms with E-state index in [4.69, 9.17) is 21.1 Å². The van der Waals surface area contributed by atoms with Gasteiger partial charge < -0.3 is 14.6 Å². The molecule has 0 amide bonds. The highest BCUT2D eigenvalue weighted by atomic mass is 127. The molecular formula is C25H22ClIN2O5S. The molecule has 0 saturated heterocycles. The number of benzene rings is 2. The summed E-state index contributed by atoms with van der Waals surface area (Å²) in [7, 11) is 0. The minimum atomic E-state index is -0.778. The zero-order valence-corrected chi connectivity index (χ0v) is 22.9. The van der Waals surface area contributed by atoms with Gasteiger partial charge in [0.15, 0.2) is 16.3 Å². The molecule has 0 aliphatic carbocycles. The van der Waals surface area contributed by atoms with E-state index in [0.717, 1.165) is 0 Å². The molecule has 3 aromatic rings. The van der Waals surface area contributed by atoms with Crippen LogP contribution < -0.4 is 19.6 Å². The Morgan fingerprint density at radius 3 is 2.71 bits per heavy atom. The molecule has 2 aromatic carbocycles. The van der Waals surface area contributed by atoms with E-state index in [1.54, 1.807) is 50.3 Å². The molecule has 7 nitrogen and oxygen atoms in total. The van der Waals surface area contributed by atoms with Crippen LogP contribution in [-0.4, -0.2) is 28.9 Å². The molecule has 2 heterocycles. The summed E-state index contributed by atoms with van der Waals surface area (Å²) < 4.78 is 13.3. The second-order valence-electron chi connectivity index (χ2n) is 7.61. The maximum Gasteiger partial charge on any atom is 0.338 e. The van der Waals surface area contributed by atoms with Gasteiger partial charge in [-0.3, -0.25) is 9.36 Å². The van der Waals surface area contributed by atoms with Gasteiger partial charge in [-0.2, -0.15) is 0 Å². The minimum Gasteiger partial charge on any atom is -0.504 e. The first-order valence-electron chi connectivity index (χ1n) is 10.9. The summed E-state index contributed by atoms with van der Waals surface area (Å²) in [4.78, 5) is 31.7. The van der Waals surface area contributed by atoms with E-state index >= 15 is 0 Å². The van der Waals surface area contributed by atoms with Gasteiger partial charge in [-0.05, 0) is 78.8 Å². The molecule has 1 aliphatic heterocycles. The number of carbonyl (C=O) groups is 1. The van der Waals surface area contributed by atoms with Crippen molar-refractivity contribution in [3.63, 3.8) is 0 Å². The van der Waals surface area contributed by atoms with Crippen LogP contribution in [0.2, 0.25) is 5.02 Å². The fourth-order valence-electron chi connectivity index (χ4n) is 3.88. The Kier molecular flexibility index (Phi) is 7.67. The molecule has 0 spiro atoms. The predicted molar refractivity (Wildman–Crippen MR) is 144 cm³/mol. The second-order valence-corrected chi connectivity index (χ2v) is 10.2. The highest BCUT2D eigenvalue weighted by molar-refractivity contribution is 14.1. The van der Waals surface area contributed by atoms with Gasteiger partial charge in [0.25, 0.3) is 5.56 Å². The molecule has 1 atom stereocenters. The van der Waals surface area contributed by atoms with Gasteiger partial charge in [0.1, 0.15) is 6.04 Å². The van der Waals surface area contributed by atoms with Crippen molar-refractivity contribution >= 4 is 57.6 Å². The third-order valence-electron chi connectivity index (χ3n) is 5.37. The maximum atomic E-state index is 13.7. The Labute approximate surface area is 224 Å². The highest BCUT2D eigenvalue weighted by Crippen LogP contribution is 2.35. The van der Waals surface area contributed by atoms with Crippen molar-refractivity contribution in [3.8, 4) is 11.5 Å². The molecule has 1 aliphatic rings. The fourth-order valence-corrected chi connectivity index (χ4v) is 5.79. The Bertz CT molecular complexity index is 1530. The Hall–Kier alpha value is -2.63. The van der Waals surface area contributed by atoms with E-state index in [-0.39, 0.29) is 23.5 Å². The van der Waals surface area contributed by atoms with Crippen LogP contribution in [0.3, 0.4) is 0 Å². The summed E-state index contributed by atoms with van der Waals surface area (Å²) in [6.45, 7) is 5.86. The van der Waals surface area contributed by atoms with Gasteiger partial charge in [-0.25, -0.2) is 9.79 Å². The van der Waals surface area contributed by atoms with Crippen molar-refractivity contribution in [2.24, 2.45) is 4.99 Å². The zero-order valence-electron chi connectivity index (χ0n) is 19.2. The fraction of sp³-hybridized carbons (Fsp3) is 0.240. The Morgan fingerprint density at radius 1 is 1.29 bits per heavy atom. The first-order valence-corrected chi connectivity index (χ1v) is 13.1. The number of fused-ring (bicyclic) bond motifs is 1. The summed E-state index contributed by atoms with van der Waals surface area (Å²) in [6, 6.07) is 9.77. The van der Waals surface area contributed by atoms with E-state index < -0.39 is 12.0 Å². The Balaban J connectivity index is 1.96. The standard InChI is InChI=1S/C25H22ClIN2O5S/c1-4-33-18-11-14(10-17(27)22(18)30)12-19-23(31)29-21(15-8-6-7-9-16(15)26)20(24(32)34-5-2)13(3)28-25(29)35-19/h6-12,21,30H,4-5H2,1-3H3/b19-12-/t21-/m1/s1. The quantitative estimate of drug-likeness (QED) is 0.329. The molecule has 0 bridgehead atoms. The first-order chi connectivity index (χ1) is 16.8. The molecule has 0 saturated carbocycles. The third kappa shape index (κ3) is 4.89. The van der Waals surface area contributed by atoms with Crippen LogP contribution in [0.1, 0.15) is 37.9 Å². The number of carbonyl (C=O) groups excluding carboxylic acids is 1. The van der Waals surface area contributed by atoms with Crippen LogP contribution in [0, 0.1) is 3.57 Å². The van der Waals surface area contributed by atoms with Gasteiger partial charge in [-0.1, -0.05) is 41.1 Å². The van der Waals surface area contributed by atoms with E-state index in [0.29, 0.717) is 47.1 Å². The van der Waals surface area contributed by atoms with E-state index in [1.807, 2.05) is 35.6 Å². The molecule has 10 heteroatoms. The average Bonchev–Trinajstić information content (AvgIpc) is 3.11. The van der Waals surface area contributed by atoms with Crippen LogP contribution in [0.25, 0.3) is 6.08 Å². The number of thiazole rings is 1. The molecular weight excluding hydrogens is 603 g/mol. The van der Waals surface area contributed by atoms with Crippen molar-refractivity contribution in [2.75, 3.05) is 13.2 Å². The molecule has 35 heavy (non-hydrogen) atoms. The number of halogens is 2. The highest BCUT2D eigenvalue weighted by Gasteiger charge is 2.34. The number of aromatic hydroxyl groups is 1. The predicted octanol–water partition coefficient (Wildman–Crippen LogP) is 4.16.